The molecule has 0 aliphatic heterocycles. The minimum atomic E-state index is -3.58. The highest BCUT2D eigenvalue weighted by atomic mass is 35.5. The molecule has 0 aliphatic rings. The fourth-order valence-electron chi connectivity index (χ4n) is 1.22. The molecule has 0 saturated heterocycles. The number of hydrogen-bond acceptors (Lipinski definition) is 4. The summed E-state index contributed by atoms with van der Waals surface area (Å²) in [5.74, 6) is 1.03. The average molecular weight is 298 g/mol. The number of halogens is 1. The molecule has 1 heterocycles. The summed E-state index contributed by atoms with van der Waals surface area (Å²) in [4.78, 5) is 3.78. The third kappa shape index (κ3) is 4.17. The van der Waals surface area contributed by atoms with Crippen molar-refractivity contribution in [1.29, 1.82) is 0 Å². The van der Waals surface area contributed by atoms with Gasteiger partial charge >= 0.3 is 0 Å². The average Bonchev–Trinajstić information content (AvgIpc) is 2.60. The van der Waals surface area contributed by atoms with Crippen LogP contribution in [0.3, 0.4) is 0 Å². The first-order valence-corrected chi connectivity index (χ1v) is 8.40. The molecule has 17 heavy (non-hydrogen) atoms. The Labute approximate surface area is 111 Å². The number of rotatable bonds is 7. The van der Waals surface area contributed by atoms with E-state index in [2.05, 4.69) is 9.71 Å². The highest BCUT2D eigenvalue weighted by Crippen LogP contribution is 2.18. The number of hydrogen-bond donors (Lipinski definition) is 1. The second-order valence-corrected chi connectivity index (χ2v) is 6.57. The zero-order valence-corrected chi connectivity index (χ0v) is 12.2. The van der Waals surface area contributed by atoms with Crippen LogP contribution in [-0.4, -0.2) is 36.5 Å². The number of imidazole rings is 1. The molecule has 1 rings (SSSR count). The van der Waals surface area contributed by atoms with Gasteiger partial charge in [0, 0.05) is 13.6 Å². The van der Waals surface area contributed by atoms with Crippen LogP contribution >= 0.6 is 23.4 Å². The van der Waals surface area contributed by atoms with Crippen LogP contribution in [0.1, 0.15) is 12.8 Å². The van der Waals surface area contributed by atoms with E-state index in [1.54, 1.807) is 18.8 Å². The minimum Gasteiger partial charge on any atom is -0.324 e. The maximum absolute atomic E-state index is 11.8. The van der Waals surface area contributed by atoms with E-state index in [1.807, 2.05) is 6.26 Å². The van der Waals surface area contributed by atoms with Crippen molar-refractivity contribution < 1.29 is 8.42 Å². The Morgan fingerprint density at radius 2 is 2.24 bits per heavy atom. The molecule has 98 valence electrons. The largest absolute Gasteiger partial charge is 0.324 e. The Morgan fingerprint density at radius 1 is 1.53 bits per heavy atom. The van der Waals surface area contributed by atoms with E-state index in [9.17, 15) is 8.42 Å². The van der Waals surface area contributed by atoms with E-state index in [0.717, 1.165) is 18.6 Å². The summed E-state index contributed by atoms with van der Waals surface area (Å²) in [5.41, 5.74) is 0. The Kier molecular flexibility index (Phi) is 5.78. The van der Waals surface area contributed by atoms with Gasteiger partial charge in [-0.2, -0.15) is 11.8 Å². The van der Waals surface area contributed by atoms with E-state index < -0.39 is 10.0 Å². The summed E-state index contributed by atoms with van der Waals surface area (Å²) >= 11 is 7.58. The lowest BCUT2D eigenvalue weighted by Crippen LogP contribution is -2.25. The quantitative estimate of drug-likeness (QED) is 0.775. The Hall–Kier alpha value is -0.240. The zero-order valence-electron chi connectivity index (χ0n) is 9.81. The maximum Gasteiger partial charge on any atom is 0.261 e. The van der Waals surface area contributed by atoms with Gasteiger partial charge in [-0.05, 0) is 24.9 Å². The predicted molar refractivity (Wildman–Crippen MR) is 71.0 cm³/mol. The van der Waals surface area contributed by atoms with Crippen LogP contribution < -0.4 is 4.72 Å². The molecule has 5 nitrogen and oxygen atoms in total. The molecule has 0 aliphatic carbocycles. The van der Waals surface area contributed by atoms with Gasteiger partial charge in [-0.3, -0.25) is 0 Å². The lowest BCUT2D eigenvalue weighted by molar-refractivity contribution is 0.575. The van der Waals surface area contributed by atoms with Gasteiger partial charge in [0.25, 0.3) is 10.0 Å². The van der Waals surface area contributed by atoms with Crippen molar-refractivity contribution >= 4 is 33.4 Å². The van der Waals surface area contributed by atoms with Crippen molar-refractivity contribution in [2.24, 2.45) is 7.05 Å². The zero-order chi connectivity index (χ0) is 12.9. The molecule has 0 saturated carbocycles. The normalized spacial score (nSPS) is 11.9. The second kappa shape index (κ2) is 6.63. The summed E-state index contributed by atoms with van der Waals surface area (Å²) in [6.45, 7) is 0.412. The first-order chi connectivity index (χ1) is 7.99. The monoisotopic (exact) mass is 297 g/mol. The third-order valence-electron chi connectivity index (χ3n) is 2.16. The number of sulfonamides is 1. The topological polar surface area (TPSA) is 64.0 Å². The Balaban J connectivity index is 2.55. The standard InChI is InChI=1S/C9H16ClN3O2S2/c1-13-7-11-9(8(13)10)17(14,15)12-5-3-4-6-16-2/h7,12H,3-6H2,1-2H3. The molecule has 0 unspecified atom stereocenters. The number of nitrogens with zero attached hydrogens (tertiary/aromatic N) is 2. The predicted octanol–water partition coefficient (Wildman–Crippen LogP) is 1.49. The highest BCUT2D eigenvalue weighted by Gasteiger charge is 2.21. The first kappa shape index (κ1) is 14.8. The van der Waals surface area contributed by atoms with Crippen LogP contribution in [0, 0.1) is 0 Å². The molecule has 0 aromatic carbocycles. The van der Waals surface area contributed by atoms with E-state index in [0.29, 0.717) is 6.54 Å². The molecule has 0 fully saturated rings. The van der Waals surface area contributed by atoms with E-state index in [1.165, 1.54) is 10.9 Å². The molecule has 0 spiro atoms. The number of aryl methyl sites for hydroxylation is 1. The fraction of sp³-hybridized carbons (Fsp3) is 0.667. The third-order valence-corrected chi connectivity index (χ3v) is 4.80. The fourth-order valence-corrected chi connectivity index (χ4v) is 3.21. The number of thioether (sulfide) groups is 1. The first-order valence-electron chi connectivity index (χ1n) is 5.14. The van der Waals surface area contributed by atoms with Gasteiger partial charge in [-0.15, -0.1) is 0 Å². The summed E-state index contributed by atoms with van der Waals surface area (Å²) in [6.07, 6.45) is 5.20. The SMILES string of the molecule is CSCCCCNS(=O)(=O)c1ncn(C)c1Cl. The number of aromatic nitrogens is 2. The minimum absolute atomic E-state index is 0.105. The molecule has 1 aromatic rings. The summed E-state index contributed by atoms with van der Waals surface area (Å²) < 4.78 is 27.6. The van der Waals surface area contributed by atoms with Crippen molar-refractivity contribution in [3.05, 3.63) is 11.5 Å². The van der Waals surface area contributed by atoms with Crippen LogP contribution in [0.15, 0.2) is 11.4 Å². The summed E-state index contributed by atoms with van der Waals surface area (Å²) in [5, 5.41) is 0.0214. The van der Waals surface area contributed by atoms with Crippen LogP contribution in [0.5, 0.6) is 0 Å². The van der Waals surface area contributed by atoms with Gasteiger partial charge in [0.2, 0.25) is 5.03 Å². The van der Waals surface area contributed by atoms with Gasteiger partial charge in [0.15, 0.2) is 0 Å². The second-order valence-electron chi connectivity index (χ2n) is 3.55. The molecule has 8 heteroatoms. The number of nitrogens with one attached hydrogen (secondary N) is 1. The van der Waals surface area contributed by atoms with E-state index in [-0.39, 0.29) is 10.2 Å². The molecule has 0 radical (unpaired) electrons. The molecule has 0 amide bonds. The molecule has 0 bridgehead atoms. The molecule has 0 atom stereocenters. The summed E-state index contributed by atoms with van der Waals surface area (Å²) in [7, 11) is -1.93. The smallest absolute Gasteiger partial charge is 0.261 e. The van der Waals surface area contributed by atoms with Gasteiger partial charge in [-0.25, -0.2) is 18.1 Å². The van der Waals surface area contributed by atoms with Crippen LogP contribution in [0.4, 0.5) is 0 Å². The molecular weight excluding hydrogens is 282 g/mol. The van der Waals surface area contributed by atoms with Crippen molar-refractivity contribution in [3.63, 3.8) is 0 Å². The van der Waals surface area contributed by atoms with Crippen molar-refractivity contribution in [2.45, 2.75) is 17.9 Å². The van der Waals surface area contributed by atoms with Gasteiger partial charge in [-0.1, -0.05) is 11.6 Å². The van der Waals surface area contributed by atoms with Crippen LogP contribution in [0.2, 0.25) is 5.15 Å². The van der Waals surface area contributed by atoms with Gasteiger partial charge in [0.1, 0.15) is 5.15 Å². The summed E-state index contributed by atoms with van der Waals surface area (Å²) in [6, 6.07) is 0. The molecule has 1 N–H and O–H groups in total. The molecular formula is C9H16ClN3O2S2. The van der Waals surface area contributed by atoms with Crippen LogP contribution in [0.25, 0.3) is 0 Å². The van der Waals surface area contributed by atoms with Crippen molar-refractivity contribution in [3.8, 4) is 0 Å². The van der Waals surface area contributed by atoms with Crippen LogP contribution in [-0.2, 0) is 17.1 Å². The lowest BCUT2D eigenvalue weighted by Gasteiger charge is -2.04. The van der Waals surface area contributed by atoms with E-state index >= 15 is 0 Å². The molecule has 1 aromatic heterocycles. The van der Waals surface area contributed by atoms with Crippen molar-refractivity contribution in [1.82, 2.24) is 14.3 Å². The number of unbranched alkanes of at least 4 members (excludes halogenated alkanes) is 1. The van der Waals surface area contributed by atoms with E-state index in [4.69, 9.17) is 11.6 Å². The van der Waals surface area contributed by atoms with Gasteiger partial charge < -0.3 is 4.57 Å². The highest BCUT2D eigenvalue weighted by molar-refractivity contribution is 7.98. The lowest BCUT2D eigenvalue weighted by atomic mass is 10.3. The van der Waals surface area contributed by atoms with Gasteiger partial charge in [0.05, 0.1) is 6.33 Å². The Bertz CT molecular complexity index is 459. The Morgan fingerprint density at radius 3 is 2.76 bits per heavy atom. The van der Waals surface area contributed by atoms with Crippen molar-refractivity contribution in [2.75, 3.05) is 18.6 Å². The maximum atomic E-state index is 11.8.